The second-order valence-corrected chi connectivity index (χ2v) is 3.53. The Morgan fingerprint density at radius 1 is 1.46 bits per heavy atom. The molecule has 3 nitrogen and oxygen atoms in total. The van der Waals surface area contributed by atoms with Crippen LogP contribution in [0.3, 0.4) is 0 Å². The summed E-state index contributed by atoms with van der Waals surface area (Å²) in [5.41, 5.74) is 1.30. The van der Waals surface area contributed by atoms with Gasteiger partial charge in [0.05, 0.1) is 12.5 Å². The lowest BCUT2D eigenvalue weighted by molar-refractivity contribution is 0.399. The molecule has 0 amide bonds. The van der Waals surface area contributed by atoms with Crippen molar-refractivity contribution in [1.82, 2.24) is 10.6 Å². The van der Waals surface area contributed by atoms with Crippen molar-refractivity contribution in [2.75, 3.05) is 19.6 Å². The first-order valence-electron chi connectivity index (χ1n) is 4.90. The van der Waals surface area contributed by atoms with Crippen molar-refractivity contribution < 1.29 is 4.42 Å². The van der Waals surface area contributed by atoms with Crippen LogP contribution in [-0.4, -0.2) is 25.7 Å². The molecule has 1 atom stereocenters. The highest BCUT2D eigenvalue weighted by molar-refractivity contribution is 5.05. The second kappa shape index (κ2) is 4.44. The summed E-state index contributed by atoms with van der Waals surface area (Å²) in [6, 6.07) is 2.67. The highest BCUT2D eigenvalue weighted by Gasteiger charge is 2.11. The van der Waals surface area contributed by atoms with E-state index in [0.29, 0.717) is 6.04 Å². The van der Waals surface area contributed by atoms with Crippen molar-refractivity contribution in [3.05, 3.63) is 24.2 Å². The third kappa shape index (κ3) is 2.57. The Bertz CT molecular complexity index is 227. The van der Waals surface area contributed by atoms with E-state index in [-0.39, 0.29) is 0 Å². The van der Waals surface area contributed by atoms with Gasteiger partial charge in [0.15, 0.2) is 0 Å². The first-order valence-corrected chi connectivity index (χ1v) is 4.90. The van der Waals surface area contributed by atoms with Gasteiger partial charge in [0.25, 0.3) is 0 Å². The molecule has 1 aromatic heterocycles. The molecule has 1 fully saturated rings. The Morgan fingerprint density at radius 3 is 3.15 bits per heavy atom. The van der Waals surface area contributed by atoms with Crippen molar-refractivity contribution in [3.8, 4) is 0 Å². The first-order chi connectivity index (χ1) is 6.45. The fraction of sp³-hybridized carbons (Fsp3) is 0.600. The fourth-order valence-corrected chi connectivity index (χ4v) is 1.69. The minimum absolute atomic E-state index is 0.628. The zero-order valence-corrected chi connectivity index (χ0v) is 7.75. The lowest BCUT2D eigenvalue weighted by Crippen LogP contribution is -2.48. The van der Waals surface area contributed by atoms with Crippen LogP contribution >= 0.6 is 0 Å². The number of hydrogen-bond acceptors (Lipinski definition) is 3. The van der Waals surface area contributed by atoms with Crippen LogP contribution in [0.1, 0.15) is 12.0 Å². The Balaban J connectivity index is 1.72. The van der Waals surface area contributed by atoms with E-state index in [1.54, 1.807) is 6.26 Å². The van der Waals surface area contributed by atoms with E-state index in [0.717, 1.165) is 26.1 Å². The average molecular weight is 180 g/mol. The molecular weight excluding hydrogens is 164 g/mol. The van der Waals surface area contributed by atoms with Gasteiger partial charge in [-0.05, 0) is 24.5 Å². The van der Waals surface area contributed by atoms with Gasteiger partial charge in [-0.2, -0.15) is 0 Å². The maximum atomic E-state index is 5.02. The fourth-order valence-electron chi connectivity index (χ4n) is 1.69. The van der Waals surface area contributed by atoms with Crippen LogP contribution < -0.4 is 10.6 Å². The Hall–Kier alpha value is -0.800. The molecule has 1 aliphatic rings. The van der Waals surface area contributed by atoms with E-state index in [4.69, 9.17) is 4.42 Å². The lowest BCUT2D eigenvalue weighted by atomic mass is 10.1. The predicted molar refractivity (Wildman–Crippen MR) is 51.7 cm³/mol. The molecule has 0 radical (unpaired) electrons. The molecule has 72 valence electrons. The van der Waals surface area contributed by atoms with Gasteiger partial charge in [0.2, 0.25) is 0 Å². The first kappa shape index (κ1) is 8.78. The van der Waals surface area contributed by atoms with E-state index in [1.165, 1.54) is 12.0 Å². The Labute approximate surface area is 78.5 Å². The van der Waals surface area contributed by atoms with Crippen LogP contribution in [0, 0.1) is 0 Å². The number of nitrogens with one attached hydrogen (secondary N) is 2. The van der Waals surface area contributed by atoms with Crippen LogP contribution in [0.2, 0.25) is 0 Å². The third-order valence-electron chi connectivity index (χ3n) is 2.49. The van der Waals surface area contributed by atoms with Crippen molar-refractivity contribution in [1.29, 1.82) is 0 Å². The van der Waals surface area contributed by atoms with Gasteiger partial charge in [-0.25, -0.2) is 0 Å². The van der Waals surface area contributed by atoms with E-state index < -0.39 is 0 Å². The summed E-state index contributed by atoms with van der Waals surface area (Å²) in [5, 5.41) is 6.87. The van der Waals surface area contributed by atoms with E-state index >= 15 is 0 Å². The second-order valence-electron chi connectivity index (χ2n) is 3.53. The van der Waals surface area contributed by atoms with Crippen molar-refractivity contribution >= 4 is 0 Å². The summed E-state index contributed by atoms with van der Waals surface area (Å²) in [5.74, 6) is 0. The molecule has 0 saturated carbocycles. The maximum absolute atomic E-state index is 5.02. The van der Waals surface area contributed by atoms with Gasteiger partial charge in [-0.3, -0.25) is 0 Å². The van der Waals surface area contributed by atoms with E-state index in [9.17, 15) is 0 Å². The van der Waals surface area contributed by atoms with Crippen molar-refractivity contribution in [2.24, 2.45) is 0 Å². The molecule has 0 aromatic carbocycles. The number of aryl methyl sites for hydroxylation is 1. The molecule has 13 heavy (non-hydrogen) atoms. The summed E-state index contributed by atoms with van der Waals surface area (Å²) in [4.78, 5) is 0. The smallest absolute Gasteiger partial charge is 0.0934 e. The molecule has 1 unspecified atom stereocenters. The standard InChI is InChI=1S/C10H16N2O/c1(9-3-6-13-8-9)2-10-7-11-4-5-12-10/h3,6,8,10-12H,1-2,4-5,7H2. The van der Waals surface area contributed by atoms with Gasteiger partial charge in [0.1, 0.15) is 0 Å². The zero-order valence-electron chi connectivity index (χ0n) is 7.75. The molecule has 2 N–H and O–H groups in total. The molecule has 2 heterocycles. The molecule has 3 heteroatoms. The normalized spacial score (nSPS) is 23.2. The summed E-state index contributed by atoms with van der Waals surface area (Å²) < 4.78 is 5.02. The van der Waals surface area contributed by atoms with Crippen LogP contribution in [0.5, 0.6) is 0 Å². The summed E-state index contributed by atoms with van der Waals surface area (Å²) in [6.07, 6.45) is 5.86. The molecule has 2 rings (SSSR count). The predicted octanol–water partition coefficient (Wildman–Crippen LogP) is 0.774. The van der Waals surface area contributed by atoms with E-state index in [2.05, 4.69) is 10.6 Å². The van der Waals surface area contributed by atoms with Crippen molar-refractivity contribution in [2.45, 2.75) is 18.9 Å². The Morgan fingerprint density at radius 2 is 2.46 bits per heavy atom. The molecule has 0 bridgehead atoms. The maximum Gasteiger partial charge on any atom is 0.0934 e. The van der Waals surface area contributed by atoms with Crippen LogP contribution in [-0.2, 0) is 6.42 Å². The van der Waals surface area contributed by atoms with Gasteiger partial charge in [-0.15, -0.1) is 0 Å². The number of hydrogen-bond donors (Lipinski definition) is 2. The summed E-state index contributed by atoms with van der Waals surface area (Å²) in [6.45, 7) is 3.29. The molecular formula is C10H16N2O. The van der Waals surface area contributed by atoms with Gasteiger partial charge >= 0.3 is 0 Å². The van der Waals surface area contributed by atoms with Crippen LogP contribution in [0.15, 0.2) is 23.0 Å². The summed E-state index contributed by atoms with van der Waals surface area (Å²) in [7, 11) is 0. The lowest BCUT2D eigenvalue weighted by Gasteiger charge is -2.24. The largest absolute Gasteiger partial charge is 0.472 e. The van der Waals surface area contributed by atoms with Crippen LogP contribution in [0.25, 0.3) is 0 Å². The van der Waals surface area contributed by atoms with Crippen LogP contribution in [0.4, 0.5) is 0 Å². The minimum Gasteiger partial charge on any atom is -0.472 e. The SMILES string of the molecule is c1cc(CCC2CNCCN2)co1. The molecule has 0 aliphatic carbocycles. The molecule has 0 spiro atoms. The van der Waals surface area contributed by atoms with Gasteiger partial charge in [0, 0.05) is 25.7 Å². The van der Waals surface area contributed by atoms with E-state index in [1.807, 2.05) is 12.3 Å². The van der Waals surface area contributed by atoms with Gasteiger partial charge in [-0.1, -0.05) is 0 Å². The number of rotatable bonds is 3. The quantitative estimate of drug-likeness (QED) is 0.721. The molecule has 1 saturated heterocycles. The topological polar surface area (TPSA) is 37.2 Å². The highest BCUT2D eigenvalue weighted by Crippen LogP contribution is 2.06. The number of piperazine rings is 1. The summed E-state index contributed by atoms with van der Waals surface area (Å²) >= 11 is 0. The molecule has 1 aliphatic heterocycles. The minimum atomic E-state index is 0.628. The third-order valence-corrected chi connectivity index (χ3v) is 2.49. The van der Waals surface area contributed by atoms with Gasteiger partial charge < -0.3 is 15.1 Å². The monoisotopic (exact) mass is 180 g/mol. The molecule has 1 aromatic rings. The average Bonchev–Trinajstić information content (AvgIpc) is 2.69. The Kier molecular flexibility index (Phi) is 3.00. The van der Waals surface area contributed by atoms with Crippen molar-refractivity contribution in [3.63, 3.8) is 0 Å². The zero-order chi connectivity index (χ0) is 8.93. The number of furan rings is 1. The highest BCUT2D eigenvalue weighted by atomic mass is 16.3.